The molecule has 0 fully saturated rings. The third-order valence-corrected chi connectivity index (χ3v) is 3.97. The zero-order chi connectivity index (χ0) is 15.5. The molecule has 22 heavy (non-hydrogen) atoms. The highest BCUT2D eigenvalue weighted by Crippen LogP contribution is 2.16. The summed E-state index contributed by atoms with van der Waals surface area (Å²) in [7, 11) is 1.76. The minimum atomic E-state index is -0.100. The molecule has 0 aliphatic carbocycles. The number of rotatable bonds is 4. The molecule has 0 atom stereocenters. The quantitative estimate of drug-likeness (QED) is 0.732. The summed E-state index contributed by atoms with van der Waals surface area (Å²) >= 11 is 1.58. The second kappa shape index (κ2) is 6.02. The molecule has 8 heteroatoms. The fourth-order valence-electron chi connectivity index (χ4n) is 2.13. The first-order chi connectivity index (χ1) is 10.6. The highest BCUT2D eigenvalue weighted by atomic mass is 32.1. The van der Waals surface area contributed by atoms with Crippen molar-refractivity contribution < 1.29 is 4.79 Å². The molecule has 112 valence electrons. The Morgan fingerprint density at radius 3 is 2.86 bits per heavy atom. The standard InChI is InChI=1S/C14H14N6OS/c1-10-16-11(8-22-10)7-19(2)14(21)12-5-3-4-6-13(12)20-9-15-17-18-20/h3-6,8-9H,7H2,1-2H3. The van der Waals surface area contributed by atoms with Gasteiger partial charge in [-0.2, -0.15) is 4.68 Å². The van der Waals surface area contributed by atoms with Crippen molar-refractivity contribution in [3.8, 4) is 5.69 Å². The van der Waals surface area contributed by atoms with Crippen LogP contribution in [0.2, 0.25) is 0 Å². The first-order valence-corrected chi connectivity index (χ1v) is 7.52. The lowest BCUT2D eigenvalue weighted by Gasteiger charge is -2.17. The molecule has 0 radical (unpaired) electrons. The molecular formula is C14H14N6OS. The number of para-hydroxylation sites is 1. The number of hydrogen-bond donors (Lipinski definition) is 0. The van der Waals surface area contributed by atoms with E-state index in [4.69, 9.17) is 0 Å². The first-order valence-electron chi connectivity index (χ1n) is 6.64. The number of carbonyl (C=O) groups excluding carboxylic acids is 1. The lowest BCUT2D eigenvalue weighted by atomic mass is 10.1. The Balaban J connectivity index is 1.86. The summed E-state index contributed by atoms with van der Waals surface area (Å²) in [4.78, 5) is 18.7. The van der Waals surface area contributed by atoms with Crippen LogP contribution in [0.25, 0.3) is 5.69 Å². The van der Waals surface area contributed by atoms with Crippen LogP contribution in [0.1, 0.15) is 21.1 Å². The Bertz CT molecular complexity index is 782. The van der Waals surface area contributed by atoms with Crippen LogP contribution < -0.4 is 0 Å². The predicted octanol–water partition coefficient (Wildman–Crippen LogP) is 1.70. The van der Waals surface area contributed by atoms with E-state index in [9.17, 15) is 4.79 Å². The van der Waals surface area contributed by atoms with E-state index >= 15 is 0 Å². The lowest BCUT2D eigenvalue weighted by molar-refractivity contribution is 0.0783. The van der Waals surface area contributed by atoms with Crippen molar-refractivity contribution in [1.29, 1.82) is 0 Å². The molecule has 1 aromatic carbocycles. The molecule has 1 amide bonds. The van der Waals surface area contributed by atoms with Crippen LogP contribution >= 0.6 is 11.3 Å². The summed E-state index contributed by atoms with van der Waals surface area (Å²) < 4.78 is 1.48. The fourth-order valence-corrected chi connectivity index (χ4v) is 2.73. The maximum atomic E-state index is 12.7. The van der Waals surface area contributed by atoms with Crippen molar-refractivity contribution in [1.82, 2.24) is 30.1 Å². The summed E-state index contributed by atoms with van der Waals surface area (Å²) in [6, 6.07) is 7.24. The van der Waals surface area contributed by atoms with Crippen molar-refractivity contribution in [3.05, 3.63) is 52.2 Å². The van der Waals surface area contributed by atoms with Crippen LogP contribution in [0.3, 0.4) is 0 Å². The zero-order valence-corrected chi connectivity index (χ0v) is 13.0. The van der Waals surface area contributed by atoms with E-state index in [0.29, 0.717) is 17.8 Å². The van der Waals surface area contributed by atoms with Crippen molar-refractivity contribution in [2.45, 2.75) is 13.5 Å². The zero-order valence-electron chi connectivity index (χ0n) is 12.2. The van der Waals surface area contributed by atoms with Gasteiger partial charge >= 0.3 is 0 Å². The topological polar surface area (TPSA) is 76.8 Å². The Morgan fingerprint density at radius 1 is 1.36 bits per heavy atom. The number of amides is 1. The number of carbonyl (C=O) groups is 1. The Labute approximate surface area is 131 Å². The van der Waals surface area contributed by atoms with Gasteiger partial charge in [0.25, 0.3) is 5.91 Å². The number of benzene rings is 1. The van der Waals surface area contributed by atoms with Gasteiger partial charge < -0.3 is 4.90 Å². The van der Waals surface area contributed by atoms with E-state index in [0.717, 1.165) is 10.7 Å². The molecule has 0 saturated carbocycles. The van der Waals surface area contributed by atoms with E-state index in [2.05, 4.69) is 20.5 Å². The molecule has 0 bridgehead atoms. The minimum Gasteiger partial charge on any atom is -0.336 e. The Hall–Kier alpha value is -2.61. The lowest BCUT2D eigenvalue weighted by Crippen LogP contribution is -2.27. The molecular weight excluding hydrogens is 300 g/mol. The number of aromatic nitrogens is 5. The highest BCUT2D eigenvalue weighted by molar-refractivity contribution is 7.09. The Kier molecular flexibility index (Phi) is 3.92. The van der Waals surface area contributed by atoms with Crippen molar-refractivity contribution in [2.24, 2.45) is 0 Å². The van der Waals surface area contributed by atoms with Crippen molar-refractivity contribution in [2.75, 3.05) is 7.05 Å². The number of thiazole rings is 1. The molecule has 0 unspecified atom stereocenters. The molecule has 0 spiro atoms. The predicted molar refractivity (Wildman–Crippen MR) is 81.8 cm³/mol. The highest BCUT2D eigenvalue weighted by Gasteiger charge is 2.18. The fraction of sp³-hybridized carbons (Fsp3) is 0.214. The third kappa shape index (κ3) is 2.86. The van der Waals surface area contributed by atoms with Crippen LogP contribution in [-0.4, -0.2) is 43.0 Å². The average molecular weight is 314 g/mol. The van der Waals surface area contributed by atoms with Gasteiger partial charge in [0.05, 0.1) is 28.5 Å². The van der Waals surface area contributed by atoms with Gasteiger partial charge in [-0.3, -0.25) is 4.79 Å². The van der Waals surface area contributed by atoms with E-state index in [-0.39, 0.29) is 5.91 Å². The number of tetrazole rings is 1. The van der Waals surface area contributed by atoms with Crippen LogP contribution in [0.4, 0.5) is 0 Å². The largest absolute Gasteiger partial charge is 0.336 e. The van der Waals surface area contributed by atoms with Crippen molar-refractivity contribution in [3.63, 3.8) is 0 Å². The number of hydrogen-bond acceptors (Lipinski definition) is 6. The number of nitrogens with zero attached hydrogens (tertiary/aromatic N) is 6. The normalized spacial score (nSPS) is 10.6. The molecule has 3 aromatic rings. The van der Waals surface area contributed by atoms with Gasteiger partial charge in [-0.15, -0.1) is 16.4 Å². The van der Waals surface area contributed by atoms with Crippen LogP contribution in [0.5, 0.6) is 0 Å². The molecule has 2 aromatic heterocycles. The molecule has 0 saturated heterocycles. The van der Waals surface area contributed by atoms with Gasteiger partial charge in [0, 0.05) is 12.4 Å². The maximum absolute atomic E-state index is 12.7. The van der Waals surface area contributed by atoms with Crippen LogP contribution in [0.15, 0.2) is 36.0 Å². The van der Waals surface area contributed by atoms with E-state index in [1.54, 1.807) is 29.4 Å². The SMILES string of the molecule is Cc1nc(CN(C)C(=O)c2ccccc2-n2cnnn2)cs1. The van der Waals surface area contributed by atoms with Gasteiger partial charge in [0.1, 0.15) is 6.33 Å². The van der Waals surface area contributed by atoms with Gasteiger partial charge in [-0.1, -0.05) is 12.1 Å². The minimum absolute atomic E-state index is 0.100. The average Bonchev–Trinajstić information content (AvgIpc) is 3.18. The van der Waals surface area contributed by atoms with E-state index in [1.807, 2.05) is 30.5 Å². The van der Waals surface area contributed by atoms with Gasteiger partial charge in [-0.25, -0.2) is 4.98 Å². The first kappa shape index (κ1) is 14.3. The van der Waals surface area contributed by atoms with Gasteiger partial charge in [0.15, 0.2) is 0 Å². The summed E-state index contributed by atoms with van der Waals surface area (Å²) in [5, 5.41) is 14.0. The van der Waals surface area contributed by atoms with Crippen molar-refractivity contribution >= 4 is 17.2 Å². The summed E-state index contributed by atoms with van der Waals surface area (Å²) in [5.74, 6) is -0.100. The third-order valence-electron chi connectivity index (χ3n) is 3.14. The van der Waals surface area contributed by atoms with Gasteiger partial charge in [-0.05, 0) is 29.5 Å². The molecule has 7 nitrogen and oxygen atoms in total. The molecule has 2 heterocycles. The molecule has 3 rings (SSSR count). The molecule has 0 N–H and O–H groups in total. The smallest absolute Gasteiger partial charge is 0.256 e. The summed E-state index contributed by atoms with van der Waals surface area (Å²) in [6.07, 6.45) is 1.47. The maximum Gasteiger partial charge on any atom is 0.256 e. The van der Waals surface area contributed by atoms with Crippen LogP contribution in [0, 0.1) is 6.92 Å². The second-order valence-corrected chi connectivity index (χ2v) is 5.85. The summed E-state index contributed by atoms with van der Waals surface area (Å²) in [6.45, 7) is 2.41. The number of aryl methyl sites for hydroxylation is 1. The van der Waals surface area contributed by atoms with E-state index < -0.39 is 0 Å². The van der Waals surface area contributed by atoms with Crippen LogP contribution in [-0.2, 0) is 6.54 Å². The second-order valence-electron chi connectivity index (χ2n) is 4.79. The van der Waals surface area contributed by atoms with Gasteiger partial charge in [0.2, 0.25) is 0 Å². The van der Waals surface area contributed by atoms with E-state index in [1.165, 1.54) is 11.0 Å². The molecule has 0 aliphatic rings. The monoisotopic (exact) mass is 314 g/mol. The Morgan fingerprint density at radius 2 is 2.18 bits per heavy atom. The summed E-state index contributed by atoms with van der Waals surface area (Å²) in [5.41, 5.74) is 2.08. The molecule has 0 aliphatic heterocycles.